The lowest BCUT2D eigenvalue weighted by Crippen LogP contribution is -2.28. The van der Waals surface area contributed by atoms with Crippen molar-refractivity contribution in [1.29, 1.82) is 0 Å². The molecule has 0 heterocycles. The highest BCUT2D eigenvalue weighted by atomic mass is 19.4. The molecule has 0 aliphatic rings. The number of benzene rings is 2. The highest BCUT2D eigenvalue weighted by Gasteiger charge is 2.30. The molecule has 0 fully saturated rings. The van der Waals surface area contributed by atoms with Crippen LogP contribution in [-0.4, -0.2) is 20.1 Å². The van der Waals surface area contributed by atoms with Crippen LogP contribution < -0.4 is 14.8 Å². The Kier molecular flexibility index (Phi) is 6.13. The van der Waals surface area contributed by atoms with Crippen LogP contribution >= 0.6 is 0 Å². The van der Waals surface area contributed by atoms with Crippen LogP contribution in [0.15, 0.2) is 42.5 Å². The molecule has 0 radical (unpaired) electrons. The molecular weight excluding hydrogens is 347 g/mol. The second-order valence-electron chi connectivity index (χ2n) is 5.76. The minimum atomic E-state index is -4.38. The van der Waals surface area contributed by atoms with Gasteiger partial charge in [-0.15, -0.1) is 0 Å². The van der Waals surface area contributed by atoms with E-state index in [0.717, 1.165) is 12.1 Å². The van der Waals surface area contributed by atoms with Crippen molar-refractivity contribution in [2.75, 3.05) is 14.2 Å². The fourth-order valence-electron chi connectivity index (χ4n) is 2.53. The molecule has 1 unspecified atom stereocenters. The second-order valence-corrected chi connectivity index (χ2v) is 5.76. The van der Waals surface area contributed by atoms with Crippen LogP contribution in [0.5, 0.6) is 11.5 Å². The summed E-state index contributed by atoms with van der Waals surface area (Å²) in [6.07, 6.45) is -4.32. The van der Waals surface area contributed by atoms with E-state index in [0.29, 0.717) is 22.6 Å². The van der Waals surface area contributed by atoms with Gasteiger partial charge < -0.3 is 14.8 Å². The normalized spacial score (nSPS) is 12.4. The van der Waals surface area contributed by atoms with Crippen LogP contribution in [0.25, 0.3) is 0 Å². The predicted molar refractivity (Wildman–Crippen MR) is 91.3 cm³/mol. The van der Waals surface area contributed by atoms with E-state index in [4.69, 9.17) is 9.47 Å². The van der Waals surface area contributed by atoms with Crippen molar-refractivity contribution < 1.29 is 27.4 Å². The number of hydrogen-bond donors (Lipinski definition) is 1. The first-order valence-corrected chi connectivity index (χ1v) is 7.92. The molecule has 0 spiro atoms. The smallest absolute Gasteiger partial charge is 0.416 e. The molecule has 2 aromatic carbocycles. The molecule has 1 N–H and O–H groups in total. The van der Waals surface area contributed by atoms with Gasteiger partial charge in [0.1, 0.15) is 11.5 Å². The van der Waals surface area contributed by atoms with Crippen LogP contribution in [0, 0.1) is 0 Å². The third kappa shape index (κ3) is 4.91. The molecule has 1 amide bonds. The van der Waals surface area contributed by atoms with Crippen molar-refractivity contribution >= 4 is 5.91 Å². The van der Waals surface area contributed by atoms with E-state index in [-0.39, 0.29) is 12.3 Å². The first kappa shape index (κ1) is 19.6. The minimum Gasteiger partial charge on any atom is -0.497 e. The van der Waals surface area contributed by atoms with Gasteiger partial charge in [-0.1, -0.05) is 12.1 Å². The summed E-state index contributed by atoms with van der Waals surface area (Å²) < 4.78 is 48.2. The van der Waals surface area contributed by atoms with Crippen LogP contribution in [-0.2, 0) is 17.4 Å². The Labute approximate surface area is 149 Å². The quantitative estimate of drug-likeness (QED) is 0.835. The van der Waals surface area contributed by atoms with Crippen molar-refractivity contribution in [1.82, 2.24) is 5.32 Å². The largest absolute Gasteiger partial charge is 0.497 e. The summed E-state index contributed by atoms with van der Waals surface area (Å²) in [6.45, 7) is 1.71. The Bertz CT molecular complexity index is 758. The van der Waals surface area contributed by atoms with E-state index < -0.39 is 17.8 Å². The molecule has 0 aliphatic heterocycles. The lowest BCUT2D eigenvalue weighted by Gasteiger charge is -2.16. The number of amides is 1. The average molecular weight is 367 g/mol. The fraction of sp³-hybridized carbons (Fsp3) is 0.316. The molecule has 0 saturated carbocycles. The zero-order valence-electron chi connectivity index (χ0n) is 14.7. The molecule has 1 atom stereocenters. The molecule has 4 nitrogen and oxygen atoms in total. The highest BCUT2D eigenvalue weighted by Crippen LogP contribution is 2.30. The standard InChI is InChI=1S/C19H20F3NO3/c1-12(13-4-6-15(7-5-13)19(20,21)22)23-18(24)11-14-10-16(25-2)8-9-17(14)26-3/h4-10,12H,11H2,1-3H3,(H,23,24). The molecule has 140 valence electrons. The summed E-state index contributed by atoms with van der Waals surface area (Å²) in [4.78, 5) is 12.3. The van der Waals surface area contributed by atoms with Gasteiger partial charge in [0.05, 0.1) is 32.2 Å². The summed E-state index contributed by atoms with van der Waals surface area (Å²) in [5.74, 6) is 0.886. The van der Waals surface area contributed by atoms with Crippen LogP contribution in [0.3, 0.4) is 0 Å². The number of ether oxygens (including phenoxy) is 2. The number of carbonyl (C=O) groups excluding carboxylic acids is 1. The van der Waals surface area contributed by atoms with Crippen molar-refractivity contribution in [3.05, 3.63) is 59.2 Å². The minimum absolute atomic E-state index is 0.0609. The zero-order valence-corrected chi connectivity index (χ0v) is 14.7. The van der Waals surface area contributed by atoms with Gasteiger partial charge >= 0.3 is 6.18 Å². The van der Waals surface area contributed by atoms with E-state index in [1.165, 1.54) is 26.4 Å². The maximum Gasteiger partial charge on any atom is 0.416 e. The number of hydrogen-bond acceptors (Lipinski definition) is 3. The van der Waals surface area contributed by atoms with E-state index in [2.05, 4.69) is 5.32 Å². The second kappa shape index (κ2) is 8.12. The first-order chi connectivity index (χ1) is 12.2. The maximum absolute atomic E-state index is 12.6. The molecule has 0 bridgehead atoms. The van der Waals surface area contributed by atoms with Crippen molar-refractivity contribution in [2.45, 2.75) is 25.6 Å². The van der Waals surface area contributed by atoms with E-state index in [1.54, 1.807) is 25.1 Å². The van der Waals surface area contributed by atoms with Gasteiger partial charge in [0.2, 0.25) is 5.91 Å². The van der Waals surface area contributed by atoms with Crippen molar-refractivity contribution in [3.63, 3.8) is 0 Å². The molecular formula is C19H20F3NO3. The number of rotatable bonds is 6. The Morgan fingerprint density at radius 1 is 1.08 bits per heavy atom. The lowest BCUT2D eigenvalue weighted by atomic mass is 10.0. The number of carbonyl (C=O) groups is 1. The van der Waals surface area contributed by atoms with E-state index >= 15 is 0 Å². The number of alkyl halides is 3. The predicted octanol–water partition coefficient (Wildman–Crippen LogP) is 4.14. The summed E-state index contributed by atoms with van der Waals surface area (Å²) in [5.41, 5.74) is 0.522. The maximum atomic E-state index is 12.6. The van der Waals surface area contributed by atoms with Crippen LogP contribution in [0.1, 0.15) is 29.7 Å². The van der Waals surface area contributed by atoms with E-state index in [9.17, 15) is 18.0 Å². The van der Waals surface area contributed by atoms with Gasteiger partial charge in [-0.05, 0) is 42.8 Å². The number of halogens is 3. The Morgan fingerprint density at radius 3 is 2.27 bits per heavy atom. The van der Waals surface area contributed by atoms with Crippen molar-refractivity contribution in [3.8, 4) is 11.5 Å². The Balaban J connectivity index is 2.05. The Hall–Kier alpha value is -2.70. The monoisotopic (exact) mass is 367 g/mol. The van der Waals surface area contributed by atoms with Crippen LogP contribution in [0.4, 0.5) is 13.2 Å². The van der Waals surface area contributed by atoms with Gasteiger partial charge in [-0.2, -0.15) is 13.2 Å². The lowest BCUT2D eigenvalue weighted by molar-refractivity contribution is -0.137. The summed E-state index contributed by atoms with van der Waals surface area (Å²) in [5, 5.41) is 2.78. The van der Waals surface area contributed by atoms with Crippen molar-refractivity contribution in [2.24, 2.45) is 0 Å². The van der Waals surface area contributed by atoms with Gasteiger partial charge in [0.25, 0.3) is 0 Å². The van der Waals surface area contributed by atoms with E-state index in [1.807, 2.05) is 0 Å². The number of methoxy groups -OCH3 is 2. The number of nitrogens with one attached hydrogen (secondary N) is 1. The zero-order chi connectivity index (χ0) is 19.3. The molecule has 0 aliphatic carbocycles. The molecule has 2 rings (SSSR count). The van der Waals surface area contributed by atoms with Crippen LogP contribution in [0.2, 0.25) is 0 Å². The molecule has 26 heavy (non-hydrogen) atoms. The van der Waals surface area contributed by atoms with Gasteiger partial charge in [0, 0.05) is 5.56 Å². The fourth-order valence-corrected chi connectivity index (χ4v) is 2.53. The molecule has 7 heteroatoms. The third-order valence-corrected chi connectivity index (χ3v) is 3.95. The summed E-state index contributed by atoms with van der Waals surface area (Å²) in [7, 11) is 3.03. The SMILES string of the molecule is COc1ccc(OC)c(CC(=O)NC(C)c2ccc(C(F)(F)F)cc2)c1. The van der Waals surface area contributed by atoms with Gasteiger partial charge in [0.15, 0.2) is 0 Å². The summed E-state index contributed by atoms with van der Waals surface area (Å²) in [6, 6.07) is 9.44. The Morgan fingerprint density at radius 2 is 1.73 bits per heavy atom. The third-order valence-electron chi connectivity index (χ3n) is 3.95. The average Bonchev–Trinajstić information content (AvgIpc) is 2.60. The highest BCUT2D eigenvalue weighted by molar-refractivity contribution is 5.80. The molecule has 0 aromatic heterocycles. The summed E-state index contributed by atoms with van der Waals surface area (Å²) >= 11 is 0. The molecule has 2 aromatic rings. The topological polar surface area (TPSA) is 47.6 Å². The van der Waals surface area contributed by atoms with Gasteiger partial charge in [-0.3, -0.25) is 4.79 Å². The first-order valence-electron chi connectivity index (χ1n) is 7.92. The molecule has 0 saturated heterocycles. The van der Waals surface area contributed by atoms with Gasteiger partial charge in [-0.25, -0.2) is 0 Å².